The van der Waals surface area contributed by atoms with Gasteiger partial charge in [-0.15, -0.1) is 11.3 Å². The van der Waals surface area contributed by atoms with Crippen molar-refractivity contribution in [2.75, 3.05) is 23.4 Å². The second-order valence-electron chi connectivity index (χ2n) is 5.17. The van der Waals surface area contributed by atoms with Crippen LogP contribution in [0, 0.1) is 0 Å². The van der Waals surface area contributed by atoms with Gasteiger partial charge in [-0.2, -0.15) is 0 Å². The Morgan fingerprint density at radius 2 is 2.39 bits per heavy atom. The third-order valence-electron chi connectivity index (χ3n) is 3.43. The van der Waals surface area contributed by atoms with E-state index in [1.807, 2.05) is 13.0 Å². The maximum absolute atomic E-state index is 12.2. The van der Waals surface area contributed by atoms with Gasteiger partial charge in [0.1, 0.15) is 12.3 Å². The van der Waals surface area contributed by atoms with Crippen LogP contribution >= 0.6 is 11.3 Å². The summed E-state index contributed by atoms with van der Waals surface area (Å²) in [4.78, 5) is 29.7. The van der Waals surface area contributed by atoms with Gasteiger partial charge in [0.2, 0.25) is 5.91 Å². The molecule has 0 fully saturated rings. The number of hydrogen-bond acceptors (Lipinski definition) is 6. The molecule has 7 nitrogen and oxygen atoms in total. The van der Waals surface area contributed by atoms with Crippen molar-refractivity contribution in [2.24, 2.45) is 5.73 Å². The predicted octanol–water partition coefficient (Wildman–Crippen LogP) is 1.53. The van der Waals surface area contributed by atoms with Crippen LogP contribution in [-0.2, 0) is 9.59 Å². The molecule has 1 atom stereocenters. The lowest BCUT2D eigenvalue weighted by molar-refractivity contribution is -0.123. The first-order valence-corrected chi connectivity index (χ1v) is 7.94. The second kappa shape index (κ2) is 6.35. The number of hydrogen-bond donors (Lipinski definition) is 2. The zero-order valence-electron chi connectivity index (χ0n) is 12.5. The molecule has 1 aliphatic heterocycles. The van der Waals surface area contributed by atoms with Crippen molar-refractivity contribution in [3.05, 3.63) is 35.3 Å². The lowest BCUT2D eigenvalue weighted by Crippen LogP contribution is -2.43. The van der Waals surface area contributed by atoms with Gasteiger partial charge in [0.05, 0.1) is 5.69 Å². The molecule has 0 saturated heterocycles. The Hall–Kier alpha value is -2.45. The Morgan fingerprint density at radius 3 is 3.09 bits per heavy atom. The van der Waals surface area contributed by atoms with Crippen LogP contribution in [0.1, 0.15) is 18.5 Å². The number of nitrogens with two attached hydrogens (primary N) is 1. The van der Waals surface area contributed by atoms with Crippen molar-refractivity contribution in [1.82, 2.24) is 4.98 Å². The number of ether oxygens (including phenoxy) is 1. The SMILES string of the molecule is CC(N)c1ccc2c(c1)N(CC(=O)Nc1nccs1)C(=O)CO2. The summed E-state index contributed by atoms with van der Waals surface area (Å²) in [5.74, 6) is -0.0167. The van der Waals surface area contributed by atoms with Gasteiger partial charge in [-0.3, -0.25) is 14.5 Å². The monoisotopic (exact) mass is 332 g/mol. The summed E-state index contributed by atoms with van der Waals surface area (Å²) in [6.45, 7) is 1.67. The third kappa shape index (κ3) is 3.33. The van der Waals surface area contributed by atoms with Crippen molar-refractivity contribution < 1.29 is 14.3 Å². The van der Waals surface area contributed by atoms with Gasteiger partial charge >= 0.3 is 0 Å². The normalized spacial score (nSPS) is 14.9. The quantitative estimate of drug-likeness (QED) is 0.885. The van der Waals surface area contributed by atoms with Crippen molar-refractivity contribution in [3.8, 4) is 5.75 Å². The summed E-state index contributed by atoms with van der Waals surface area (Å²) in [5, 5.41) is 4.93. The van der Waals surface area contributed by atoms with Crippen LogP contribution in [0.25, 0.3) is 0 Å². The molecule has 23 heavy (non-hydrogen) atoms. The maximum atomic E-state index is 12.2. The molecule has 2 heterocycles. The minimum atomic E-state index is -0.313. The number of amides is 2. The number of carbonyl (C=O) groups is 2. The topological polar surface area (TPSA) is 97.5 Å². The van der Waals surface area contributed by atoms with Crippen molar-refractivity contribution in [2.45, 2.75) is 13.0 Å². The minimum Gasteiger partial charge on any atom is -0.482 e. The number of nitrogens with one attached hydrogen (secondary N) is 1. The van der Waals surface area contributed by atoms with E-state index in [0.717, 1.165) is 5.56 Å². The van der Waals surface area contributed by atoms with E-state index in [-0.39, 0.29) is 31.0 Å². The summed E-state index contributed by atoms with van der Waals surface area (Å²) in [5.41, 5.74) is 7.32. The molecule has 3 rings (SSSR count). The summed E-state index contributed by atoms with van der Waals surface area (Å²) in [7, 11) is 0. The van der Waals surface area contributed by atoms with E-state index in [1.54, 1.807) is 23.7 Å². The van der Waals surface area contributed by atoms with Crippen molar-refractivity contribution in [1.29, 1.82) is 0 Å². The highest BCUT2D eigenvalue weighted by molar-refractivity contribution is 7.13. The standard InChI is InChI=1S/C15H16N4O3S/c1-9(16)10-2-3-12-11(6-10)19(14(21)8-22-12)7-13(20)18-15-17-4-5-23-15/h2-6,9H,7-8,16H2,1H3,(H,17,18,20). The molecule has 120 valence electrons. The maximum Gasteiger partial charge on any atom is 0.265 e. The fourth-order valence-corrected chi connectivity index (χ4v) is 2.81. The molecule has 0 saturated carbocycles. The number of anilines is 2. The molecule has 1 aromatic carbocycles. The van der Waals surface area contributed by atoms with Gasteiger partial charge < -0.3 is 15.8 Å². The van der Waals surface area contributed by atoms with Gasteiger partial charge in [0.25, 0.3) is 5.91 Å². The van der Waals surface area contributed by atoms with Crippen LogP contribution in [0.5, 0.6) is 5.75 Å². The first-order chi connectivity index (χ1) is 11.0. The van der Waals surface area contributed by atoms with E-state index in [9.17, 15) is 9.59 Å². The summed E-state index contributed by atoms with van der Waals surface area (Å²) in [6.07, 6.45) is 1.60. The number of thiazole rings is 1. The number of nitrogens with zero attached hydrogens (tertiary/aromatic N) is 2. The van der Waals surface area contributed by atoms with Gasteiger partial charge in [0, 0.05) is 17.6 Å². The lowest BCUT2D eigenvalue weighted by atomic mass is 10.1. The number of carbonyl (C=O) groups excluding carboxylic acids is 2. The van der Waals surface area contributed by atoms with Gasteiger partial charge in [0.15, 0.2) is 11.7 Å². The van der Waals surface area contributed by atoms with Crippen molar-refractivity contribution >= 4 is 34.0 Å². The summed E-state index contributed by atoms with van der Waals surface area (Å²) in [6, 6.07) is 5.23. The average molecular weight is 332 g/mol. The number of aromatic nitrogens is 1. The second-order valence-corrected chi connectivity index (χ2v) is 6.06. The molecule has 0 spiro atoms. The van der Waals surface area contributed by atoms with Crippen LogP contribution in [0.15, 0.2) is 29.8 Å². The highest BCUT2D eigenvalue weighted by Gasteiger charge is 2.28. The van der Waals surface area contributed by atoms with Crippen LogP contribution in [0.2, 0.25) is 0 Å². The zero-order valence-corrected chi connectivity index (χ0v) is 13.3. The Morgan fingerprint density at radius 1 is 1.57 bits per heavy atom. The molecule has 0 aliphatic carbocycles. The van der Waals surface area contributed by atoms with E-state index in [1.165, 1.54) is 16.2 Å². The molecule has 2 aromatic rings. The van der Waals surface area contributed by atoms with Gasteiger partial charge in [-0.25, -0.2) is 4.98 Å². The average Bonchev–Trinajstić information content (AvgIpc) is 3.02. The largest absolute Gasteiger partial charge is 0.482 e. The summed E-state index contributed by atoms with van der Waals surface area (Å²) < 4.78 is 5.41. The molecule has 8 heteroatoms. The molecule has 1 unspecified atom stereocenters. The fraction of sp³-hybridized carbons (Fsp3) is 0.267. The number of benzene rings is 1. The smallest absolute Gasteiger partial charge is 0.265 e. The number of rotatable bonds is 4. The highest BCUT2D eigenvalue weighted by Crippen LogP contribution is 2.34. The predicted molar refractivity (Wildman–Crippen MR) is 87.6 cm³/mol. The zero-order chi connectivity index (χ0) is 16.4. The first kappa shape index (κ1) is 15.4. The highest BCUT2D eigenvalue weighted by atomic mass is 32.1. The Balaban J connectivity index is 1.83. The van der Waals surface area contributed by atoms with E-state index in [2.05, 4.69) is 10.3 Å². The molecule has 1 aromatic heterocycles. The van der Waals surface area contributed by atoms with Crippen LogP contribution in [0.3, 0.4) is 0 Å². The first-order valence-electron chi connectivity index (χ1n) is 7.06. The third-order valence-corrected chi connectivity index (χ3v) is 4.12. The molecule has 2 amide bonds. The molecule has 3 N–H and O–H groups in total. The molecule has 0 bridgehead atoms. The van der Waals surface area contributed by atoms with Crippen molar-refractivity contribution in [3.63, 3.8) is 0 Å². The summed E-state index contributed by atoms with van der Waals surface area (Å²) >= 11 is 1.32. The Labute approximate surface area is 137 Å². The van der Waals surface area contributed by atoms with E-state index < -0.39 is 0 Å². The lowest BCUT2D eigenvalue weighted by Gasteiger charge is -2.29. The van der Waals surface area contributed by atoms with Gasteiger partial charge in [-0.05, 0) is 24.6 Å². The van der Waals surface area contributed by atoms with Gasteiger partial charge in [-0.1, -0.05) is 6.07 Å². The minimum absolute atomic E-state index is 0.0882. The Bertz CT molecular complexity index is 730. The van der Waals surface area contributed by atoms with E-state index >= 15 is 0 Å². The fourth-order valence-electron chi connectivity index (χ4n) is 2.26. The number of fused-ring (bicyclic) bond motifs is 1. The molecular formula is C15H16N4O3S. The van der Waals surface area contributed by atoms with Crippen LogP contribution in [0.4, 0.5) is 10.8 Å². The molecule has 1 aliphatic rings. The van der Waals surface area contributed by atoms with Crippen LogP contribution < -0.4 is 20.7 Å². The Kier molecular flexibility index (Phi) is 4.26. The van der Waals surface area contributed by atoms with E-state index in [0.29, 0.717) is 16.6 Å². The molecule has 0 radical (unpaired) electrons. The van der Waals surface area contributed by atoms with Crippen LogP contribution in [-0.4, -0.2) is 29.9 Å². The molecular weight excluding hydrogens is 316 g/mol. The van der Waals surface area contributed by atoms with E-state index in [4.69, 9.17) is 10.5 Å².